The maximum Gasteiger partial charge on any atom is 0.243 e. The maximum absolute atomic E-state index is 12.7. The molecule has 0 amide bonds. The molecular formula is C13H19ClN4O3S2. The number of thiocarbonyl (C=S) groups is 1. The van der Waals surface area contributed by atoms with Crippen molar-refractivity contribution in [3.8, 4) is 0 Å². The number of rotatable bonds is 4. The molecular weight excluding hydrogens is 360 g/mol. The van der Waals surface area contributed by atoms with Gasteiger partial charge in [0.2, 0.25) is 10.0 Å². The van der Waals surface area contributed by atoms with Crippen LogP contribution >= 0.6 is 23.8 Å². The number of ether oxygens (including phenoxy) is 1. The molecule has 0 aromatic heterocycles. The molecule has 1 aliphatic rings. The summed E-state index contributed by atoms with van der Waals surface area (Å²) in [6.45, 7) is 1.48. The summed E-state index contributed by atoms with van der Waals surface area (Å²) in [7, 11) is -0.00634. The second-order valence-electron chi connectivity index (χ2n) is 5.12. The molecule has 1 aliphatic heterocycles. The molecule has 0 atom stereocenters. The highest BCUT2D eigenvalue weighted by Gasteiger charge is 2.26. The molecule has 23 heavy (non-hydrogen) atoms. The molecule has 0 unspecified atom stereocenters. The Morgan fingerprint density at radius 2 is 2.00 bits per heavy atom. The van der Waals surface area contributed by atoms with Gasteiger partial charge >= 0.3 is 0 Å². The van der Waals surface area contributed by atoms with Crippen LogP contribution in [0.5, 0.6) is 0 Å². The molecule has 1 aromatic carbocycles. The third-order valence-electron chi connectivity index (χ3n) is 3.12. The standard InChI is InChI=1S/C13H19ClN4O3S2/c1-17(2)16-13(22)15-12-9-10(3-4-11(12)14)23(19,20)18-5-7-21-8-6-18/h3-4,9H,5-8H2,1-2H3,(H2,15,16,22). The van der Waals surface area contributed by atoms with Crippen LogP contribution in [0.3, 0.4) is 0 Å². The predicted molar refractivity (Wildman–Crippen MR) is 94.1 cm³/mol. The Bertz CT molecular complexity index is 676. The van der Waals surface area contributed by atoms with E-state index in [-0.39, 0.29) is 4.90 Å². The monoisotopic (exact) mass is 378 g/mol. The fraction of sp³-hybridized carbons (Fsp3) is 0.462. The lowest BCUT2D eigenvalue weighted by atomic mass is 10.3. The van der Waals surface area contributed by atoms with E-state index in [1.54, 1.807) is 19.1 Å². The smallest absolute Gasteiger partial charge is 0.243 e. The van der Waals surface area contributed by atoms with E-state index in [0.29, 0.717) is 42.1 Å². The van der Waals surface area contributed by atoms with Gasteiger partial charge in [0.1, 0.15) is 0 Å². The first kappa shape index (κ1) is 18.4. The lowest BCUT2D eigenvalue weighted by molar-refractivity contribution is 0.0730. The van der Waals surface area contributed by atoms with E-state index >= 15 is 0 Å². The third kappa shape index (κ3) is 4.75. The van der Waals surface area contributed by atoms with Crippen molar-refractivity contribution in [2.24, 2.45) is 0 Å². The zero-order valence-electron chi connectivity index (χ0n) is 12.9. The summed E-state index contributed by atoms with van der Waals surface area (Å²) in [4.78, 5) is 0.166. The molecule has 1 fully saturated rings. The van der Waals surface area contributed by atoms with Crippen LogP contribution in [0, 0.1) is 0 Å². The number of hydrogen-bond acceptors (Lipinski definition) is 5. The fourth-order valence-electron chi connectivity index (χ4n) is 2.05. The second kappa shape index (κ2) is 7.73. The lowest BCUT2D eigenvalue weighted by Gasteiger charge is -2.26. The molecule has 2 N–H and O–H groups in total. The van der Waals surface area contributed by atoms with E-state index in [4.69, 9.17) is 28.6 Å². The molecule has 2 rings (SSSR count). The number of nitrogens with one attached hydrogen (secondary N) is 2. The van der Waals surface area contributed by atoms with Gasteiger partial charge in [-0.05, 0) is 30.4 Å². The predicted octanol–water partition coefficient (Wildman–Crippen LogP) is 1.12. The number of hydrogen-bond donors (Lipinski definition) is 2. The first-order chi connectivity index (χ1) is 10.8. The van der Waals surface area contributed by atoms with Crippen molar-refractivity contribution in [2.45, 2.75) is 4.90 Å². The van der Waals surface area contributed by atoms with Gasteiger partial charge < -0.3 is 10.1 Å². The summed E-state index contributed by atoms with van der Waals surface area (Å²) < 4.78 is 31.9. The first-order valence-electron chi connectivity index (χ1n) is 6.93. The first-order valence-corrected chi connectivity index (χ1v) is 9.16. The van der Waals surface area contributed by atoms with Gasteiger partial charge in [0.15, 0.2) is 5.11 Å². The minimum Gasteiger partial charge on any atom is -0.379 e. The Balaban J connectivity index is 2.23. The van der Waals surface area contributed by atoms with Gasteiger partial charge in [-0.15, -0.1) is 0 Å². The van der Waals surface area contributed by atoms with E-state index in [1.807, 2.05) is 0 Å². The number of hydrazine groups is 1. The highest BCUT2D eigenvalue weighted by molar-refractivity contribution is 7.89. The number of benzene rings is 1. The Hall–Kier alpha value is -0.970. The fourth-order valence-corrected chi connectivity index (χ4v) is 3.94. The second-order valence-corrected chi connectivity index (χ2v) is 7.87. The van der Waals surface area contributed by atoms with Gasteiger partial charge in [-0.3, -0.25) is 5.43 Å². The van der Waals surface area contributed by atoms with Crippen molar-refractivity contribution in [1.82, 2.24) is 14.7 Å². The van der Waals surface area contributed by atoms with Crippen LogP contribution in [-0.2, 0) is 14.8 Å². The van der Waals surface area contributed by atoms with Gasteiger partial charge in [-0.25, -0.2) is 13.4 Å². The summed E-state index contributed by atoms with van der Waals surface area (Å²) in [5, 5.41) is 5.26. The number of sulfonamides is 1. The topological polar surface area (TPSA) is 73.9 Å². The Morgan fingerprint density at radius 1 is 1.35 bits per heavy atom. The summed E-state index contributed by atoms with van der Waals surface area (Å²) in [5.74, 6) is 0. The van der Waals surface area contributed by atoms with Crippen molar-refractivity contribution in [1.29, 1.82) is 0 Å². The van der Waals surface area contributed by atoms with Crippen LogP contribution in [0.15, 0.2) is 23.1 Å². The number of anilines is 1. The summed E-state index contributed by atoms with van der Waals surface area (Å²) in [6, 6.07) is 4.51. The molecule has 0 saturated carbocycles. The summed E-state index contributed by atoms with van der Waals surface area (Å²) in [6.07, 6.45) is 0. The maximum atomic E-state index is 12.7. The zero-order valence-corrected chi connectivity index (χ0v) is 15.3. The van der Waals surface area contributed by atoms with Crippen molar-refractivity contribution in [3.63, 3.8) is 0 Å². The van der Waals surface area contributed by atoms with E-state index < -0.39 is 10.0 Å². The summed E-state index contributed by atoms with van der Waals surface area (Å²) in [5.41, 5.74) is 3.29. The van der Waals surface area contributed by atoms with Crippen molar-refractivity contribution >= 4 is 44.6 Å². The van der Waals surface area contributed by atoms with Crippen molar-refractivity contribution in [3.05, 3.63) is 23.2 Å². The number of morpholine rings is 1. The molecule has 0 bridgehead atoms. The molecule has 0 radical (unpaired) electrons. The van der Waals surface area contributed by atoms with Crippen LogP contribution < -0.4 is 10.7 Å². The minimum atomic E-state index is -3.58. The molecule has 10 heteroatoms. The number of halogens is 1. The lowest BCUT2D eigenvalue weighted by Crippen LogP contribution is -2.40. The molecule has 1 aromatic rings. The zero-order chi connectivity index (χ0) is 17.0. The van der Waals surface area contributed by atoms with E-state index in [9.17, 15) is 8.42 Å². The van der Waals surface area contributed by atoms with Crippen LogP contribution in [0.25, 0.3) is 0 Å². The van der Waals surface area contributed by atoms with Gasteiger partial charge in [0.25, 0.3) is 0 Å². The van der Waals surface area contributed by atoms with E-state index in [1.165, 1.54) is 22.5 Å². The van der Waals surface area contributed by atoms with Gasteiger partial charge in [-0.1, -0.05) is 11.6 Å². The molecule has 1 heterocycles. The molecule has 0 aliphatic carbocycles. The Labute approximate surface area is 146 Å². The van der Waals surface area contributed by atoms with Gasteiger partial charge in [-0.2, -0.15) is 4.31 Å². The van der Waals surface area contributed by atoms with Gasteiger partial charge in [0.05, 0.1) is 28.8 Å². The molecule has 7 nitrogen and oxygen atoms in total. The van der Waals surface area contributed by atoms with Crippen LogP contribution in [-0.4, -0.2) is 63.2 Å². The Kier molecular flexibility index (Phi) is 6.18. The highest BCUT2D eigenvalue weighted by atomic mass is 35.5. The van der Waals surface area contributed by atoms with Crippen molar-refractivity contribution < 1.29 is 13.2 Å². The average Bonchev–Trinajstić information content (AvgIpc) is 2.49. The molecule has 0 spiro atoms. The van der Waals surface area contributed by atoms with E-state index in [2.05, 4.69) is 10.7 Å². The highest BCUT2D eigenvalue weighted by Crippen LogP contribution is 2.27. The average molecular weight is 379 g/mol. The molecule has 1 saturated heterocycles. The van der Waals surface area contributed by atoms with Crippen LogP contribution in [0.1, 0.15) is 0 Å². The third-order valence-corrected chi connectivity index (χ3v) is 5.54. The van der Waals surface area contributed by atoms with Gasteiger partial charge in [0, 0.05) is 27.2 Å². The normalized spacial score (nSPS) is 16.3. The van der Waals surface area contributed by atoms with Crippen molar-refractivity contribution in [2.75, 3.05) is 45.7 Å². The minimum absolute atomic E-state index is 0.166. The quantitative estimate of drug-likeness (QED) is 0.600. The SMILES string of the molecule is CN(C)NC(=S)Nc1cc(S(=O)(=O)N2CCOCC2)ccc1Cl. The van der Waals surface area contributed by atoms with Crippen LogP contribution in [0.4, 0.5) is 5.69 Å². The molecule has 128 valence electrons. The summed E-state index contributed by atoms with van der Waals surface area (Å²) >= 11 is 11.3. The Morgan fingerprint density at radius 3 is 2.61 bits per heavy atom. The largest absolute Gasteiger partial charge is 0.379 e. The van der Waals surface area contributed by atoms with E-state index in [0.717, 1.165) is 0 Å². The van der Waals surface area contributed by atoms with Crippen LogP contribution in [0.2, 0.25) is 5.02 Å². The number of nitrogens with zero attached hydrogens (tertiary/aromatic N) is 2.